The molecule has 0 aromatic heterocycles. The number of benzene rings is 1. The number of halogens is 3. The first kappa shape index (κ1) is 15.3. The highest BCUT2D eigenvalue weighted by Gasteiger charge is 2.20. The monoisotopic (exact) mass is 305 g/mol. The van der Waals surface area contributed by atoms with Crippen LogP contribution in [0.1, 0.15) is 25.7 Å². The average molecular weight is 306 g/mol. The van der Waals surface area contributed by atoms with Gasteiger partial charge in [-0.25, -0.2) is 0 Å². The van der Waals surface area contributed by atoms with E-state index in [1.807, 2.05) is 0 Å². The predicted octanol–water partition coefficient (Wildman–Crippen LogP) is 4.31. The van der Waals surface area contributed by atoms with Crippen LogP contribution < -0.4 is 10.1 Å². The second-order valence-corrected chi connectivity index (χ2v) is 5.28. The van der Waals surface area contributed by atoms with E-state index in [1.165, 1.54) is 6.07 Å². The van der Waals surface area contributed by atoms with E-state index >= 15 is 0 Å². The largest absolute Gasteiger partial charge is 0.433 e. The first-order chi connectivity index (χ1) is 9.58. The minimum Gasteiger partial charge on any atom is -0.433 e. The lowest BCUT2D eigenvalue weighted by Gasteiger charge is -2.29. The number of anilines is 1. The number of rotatable bonds is 5. The summed E-state index contributed by atoms with van der Waals surface area (Å²) < 4.78 is 33.9. The van der Waals surface area contributed by atoms with Crippen molar-refractivity contribution in [3.05, 3.63) is 23.2 Å². The molecule has 1 aliphatic carbocycles. The van der Waals surface area contributed by atoms with Crippen molar-refractivity contribution >= 4 is 17.3 Å². The summed E-state index contributed by atoms with van der Waals surface area (Å²) >= 11 is 5.92. The van der Waals surface area contributed by atoms with E-state index in [4.69, 9.17) is 16.3 Å². The molecule has 1 aromatic rings. The van der Waals surface area contributed by atoms with Gasteiger partial charge in [0, 0.05) is 18.8 Å². The summed E-state index contributed by atoms with van der Waals surface area (Å²) in [5.41, 5.74) is 0.817. The van der Waals surface area contributed by atoms with Crippen LogP contribution in [0.15, 0.2) is 18.2 Å². The molecule has 0 unspecified atom stereocenters. The third-order valence-electron chi connectivity index (χ3n) is 3.53. The van der Waals surface area contributed by atoms with Gasteiger partial charge in [0.25, 0.3) is 0 Å². The van der Waals surface area contributed by atoms with Crippen LogP contribution in [0.25, 0.3) is 0 Å². The van der Waals surface area contributed by atoms with Gasteiger partial charge in [-0.1, -0.05) is 11.6 Å². The van der Waals surface area contributed by atoms with Crippen molar-refractivity contribution in [1.29, 1.82) is 0 Å². The van der Waals surface area contributed by atoms with E-state index in [0.717, 1.165) is 31.4 Å². The smallest absolute Gasteiger partial charge is 0.387 e. The third kappa shape index (κ3) is 4.21. The second-order valence-electron chi connectivity index (χ2n) is 4.88. The van der Waals surface area contributed by atoms with E-state index in [1.54, 1.807) is 19.2 Å². The molecular weight excluding hydrogens is 288 g/mol. The molecular formula is C14H18ClF2NO2. The fraction of sp³-hybridized carbons (Fsp3) is 0.571. The number of hydrogen-bond acceptors (Lipinski definition) is 3. The van der Waals surface area contributed by atoms with Crippen molar-refractivity contribution < 1.29 is 18.3 Å². The van der Waals surface area contributed by atoms with Crippen molar-refractivity contribution in [3.63, 3.8) is 0 Å². The van der Waals surface area contributed by atoms with E-state index in [9.17, 15) is 8.78 Å². The number of hydrogen-bond donors (Lipinski definition) is 1. The lowest BCUT2D eigenvalue weighted by Crippen LogP contribution is -2.29. The van der Waals surface area contributed by atoms with Crippen molar-refractivity contribution in [2.24, 2.45) is 0 Å². The molecule has 1 aliphatic rings. The Bertz CT molecular complexity index is 437. The number of methoxy groups -OCH3 is 1. The highest BCUT2D eigenvalue weighted by molar-refractivity contribution is 6.32. The van der Waals surface area contributed by atoms with Gasteiger partial charge in [0.15, 0.2) is 0 Å². The molecule has 0 radical (unpaired) electrons. The Labute approximate surface area is 122 Å². The molecule has 0 heterocycles. The number of ether oxygens (including phenoxy) is 2. The average Bonchev–Trinajstić information content (AvgIpc) is 2.42. The summed E-state index contributed by atoms with van der Waals surface area (Å²) in [4.78, 5) is 0. The van der Waals surface area contributed by atoms with Gasteiger partial charge in [-0.3, -0.25) is 0 Å². The highest BCUT2D eigenvalue weighted by Crippen LogP contribution is 2.30. The van der Waals surface area contributed by atoms with Crippen molar-refractivity contribution in [2.45, 2.75) is 44.4 Å². The summed E-state index contributed by atoms with van der Waals surface area (Å²) in [6.45, 7) is -2.87. The molecule has 3 nitrogen and oxygen atoms in total. The quantitative estimate of drug-likeness (QED) is 0.879. The molecule has 20 heavy (non-hydrogen) atoms. The Morgan fingerprint density at radius 1 is 1.25 bits per heavy atom. The van der Waals surface area contributed by atoms with E-state index in [-0.39, 0.29) is 10.8 Å². The van der Waals surface area contributed by atoms with Gasteiger partial charge in [0.1, 0.15) is 5.75 Å². The van der Waals surface area contributed by atoms with Gasteiger partial charge < -0.3 is 14.8 Å². The van der Waals surface area contributed by atoms with Crippen LogP contribution in [0, 0.1) is 0 Å². The molecule has 1 fully saturated rings. The van der Waals surface area contributed by atoms with Gasteiger partial charge in [-0.2, -0.15) is 8.78 Å². The Balaban J connectivity index is 1.92. The molecule has 1 saturated carbocycles. The lowest BCUT2D eigenvalue weighted by molar-refractivity contribution is -0.0497. The van der Waals surface area contributed by atoms with E-state index in [2.05, 4.69) is 10.1 Å². The Kier molecular flexibility index (Phi) is 5.43. The Morgan fingerprint density at radius 3 is 2.50 bits per heavy atom. The molecule has 0 bridgehead atoms. The first-order valence-corrected chi connectivity index (χ1v) is 7.00. The van der Waals surface area contributed by atoms with Crippen LogP contribution in [-0.4, -0.2) is 25.9 Å². The molecule has 1 aromatic carbocycles. The molecule has 2 rings (SSSR count). The molecule has 112 valence electrons. The van der Waals surface area contributed by atoms with E-state index in [0.29, 0.717) is 12.1 Å². The summed E-state index contributed by atoms with van der Waals surface area (Å²) in [6, 6.07) is 5.13. The Hall–Kier alpha value is -1.07. The van der Waals surface area contributed by atoms with Gasteiger partial charge in [0.2, 0.25) is 0 Å². The van der Waals surface area contributed by atoms with Crippen molar-refractivity contribution in [2.75, 3.05) is 12.4 Å². The van der Waals surface area contributed by atoms with Gasteiger partial charge in [-0.15, -0.1) is 0 Å². The summed E-state index contributed by atoms with van der Waals surface area (Å²) in [6.07, 6.45) is 4.43. The molecule has 0 saturated heterocycles. The summed E-state index contributed by atoms with van der Waals surface area (Å²) in [7, 11) is 1.74. The van der Waals surface area contributed by atoms with Crippen LogP contribution in [-0.2, 0) is 4.74 Å². The molecule has 0 aliphatic heterocycles. The van der Waals surface area contributed by atoms with Crippen LogP contribution in [0.5, 0.6) is 5.75 Å². The maximum atomic E-state index is 12.1. The van der Waals surface area contributed by atoms with E-state index < -0.39 is 6.61 Å². The molecule has 0 atom stereocenters. The summed E-state index contributed by atoms with van der Waals surface area (Å²) in [5, 5.41) is 3.55. The van der Waals surface area contributed by atoms with Crippen LogP contribution in [0.2, 0.25) is 5.02 Å². The van der Waals surface area contributed by atoms with Gasteiger partial charge in [-0.05, 0) is 43.9 Å². The maximum absolute atomic E-state index is 12.1. The molecule has 0 spiro atoms. The van der Waals surface area contributed by atoms with Crippen LogP contribution >= 0.6 is 11.6 Å². The molecule has 6 heteroatoms. The summed E-state index contributed by atoms with van der Waals surface area (Å²) in [5.74, 6) is -0.00434. The van der Waals surface area contributed by atoms with Crippen LogP contribution in [0.3, 0.4) is 0 Å². The van der Waals surface area contributed by atoms with Gasteiger partial charge >= 0.3 is 6.61 Å². The normalized spacial score (nSPS) is 22.9. The minimum absolute atomic E-state index is 0.00434. The fourth-order valence-corrected chi connectivity index (χ4v) is 2.69. The third-order valence-corrected chi connectivity index (χ3v) is 3.82. The number of alkyl halides is 2. The zero-order valence-corrected chi connectivity index (χ0v) is 12.0. The Morgan fingerprint density at radius 2 is 1.95 bits per heavy atom. The molecule has 1 N–H and O–H groups in total. The standard InChI is InChI=1S/C14H18ClF2NO2/c1-19-11-5-2-9(3-6-11)18-10-4-7-13(12(15)8-10)20-14(16)17/h4,7-9,11,14,18H,2-3,5-6H2,1H3. The fourth-order valence-electron chi connectivity index (χ4n) is 2.46. The number of nitrogens with one attached hydrogen (secondary N) is 1. The maximum Gasteiger partial charge on any atom is 0.387 e. The zero-order valence-electron chi connectivity index (χ0n) is 11.2. The van der Waals surface area contributed by atoms with Crippen molar-refractivity contribution in [3.8, 4) is 5.75 Å². The second kappa shape index (κ2) is 7.09. The zero-order chi connectivity index (χ0) is 14.5. The van der Waals surface area contributed by atoms with Gasteiger partial charge in [0.05, 0.1) is 11.1 Å². The van der Waals surface area contributed by atoms with Crippen LogP contribution in [0.4, 0.5) is 14.5 Å². The first-order valence-electron chi connectivity index (χ1n) is 6.62. The SMILES string of the molecule is COC1CCC(Nc2ccc(OC(F)F)c(Cl)c2)CC1. The topological polar surface area (TPSA) is 30.5 Å². The predicted molar refractivity (Wildman–Crippen MR) is 74.8 cm³/mol. The van der Waals surface area contributed by atoms with Crippen molar-refractivity contribution in [1.82, 2.24) is 0 Å². The highest BCUT2D eigenvalue weighted by atomic mass is 35.5. The minimum atomic E-state index is -2.87. The lowest BCUT2D eigenvalue weighted by atomic mass is 9.93. The molecule has 0 amide bonds.